The summed E-state index contributed by atoms with van der Waals surface area (Å²) in [5.74, 6) is -1.05. The van der Waals surface area contributed by atoms with Gasteiger partial charge < -0.3 is 15.0 Å². The summed E-state index contributed by atoms with van der Waals surface area (Å²) < 4.78 is 48.5. The minimum atomic E-state index is -3.69. The van der Waals surface area contributed by atoms with Gasteiger partial charge in [0.1, 0.15) is 5.69 Å². The number of hydrogen-bond acceptors (Lipinski definition) is 7. The van der Waals surface area contributed by atoms with Crippen LogP contribution in [0, 0.1) is 5.82 Å². The number of nitrogens with zero attached hydrogens (tertiary/aromatic N) is 4. The largest absolute Gasteiger partial charge is 0.492 e. The average molecular weight is 465 g/mol. The minimum absolute atomic E-state index is 0.0293. The fourth-order valence-electron chi connectivity index (χ4n) is 3.21. The van der Waals surface area contributed by atoms with Gasteiger partial charge >= 0.3 is 0 Å². The second-order valence-corrected chi connectivity index (χ2v) is 9.06. The van der Waals surface area contributed by atoms with Gasteiger partial charge in [0.05, 0.1) is 30.4 Å². The molecule has 0 aliphatic rings. The normalized spacial score (nSPS) is 11.4. The lowest BCUT2D eigenvalue weighted by atomic mass is 10.1. The van der Waals surface area contributed by atoms with Gasteiger partial charge in [0, 0.05) is 32.9 Å². The van der Waals surface area contributed by atoms with E-state index in [4.69, 9.17) is 4.74 Å². The highest BCUT2D eigenvalue weighted by atomic mass is 32.2. The number of anilines is 2. The van der Waals surface area contributed by atoms with Crippen molar-refractivity contribution in [3.63, 3.8) is 0 Å². The van der Waals surface area contributed by atoms with Crippen LogP contribution in [0.4, 0.5) is 15.9 Å². The molecule has 32 heavy (non-hydrogen) atoms. The number of aromatic nitrogens is 3. The zero-order chi connectivity index (χ0) is 23.6. The maximum atomic E-state index is 14.8. The minimum Gasteiger partial charge on any atom is -0.492 e. The summed E-state index contributed by atoms with van der Waals surface area (Å²) in [5, 5.41) is 2.90. The molecule has 0 radical (unpaired) electrons. The van der Waals surface area contributed by atoms with Crippen molar-refractivity contribution in [3.8, 4) is 17.0 Å². The Morgan fingerprint density at radius 1 is 1.31 bits per heavy atom. The number of ether oxygens (including phenoxy) is 1. The van der Waals surface area contributed by atoms with Crippen LogP contribution in [0.1, 0.15) is 23.8 Å². The molecule has 0 atom stereocenters. The number of fused-ring (bicyclic) bond motifs is 1. The highest BCUT2D eigenvalue weighted by molar-refractivity contribution is 7.92. The van der Waals surface area contributed by atoms with Crippen molar-refractivity contribution in [2.75, 3.05) is 44.0 Å². The Labute approximate surface area is 185 Å². The van der Waals surface area contributed by atoms with Crippen LogP contribution in [0.3, 0.4) is 0 Å². The molecule has 1 amide bonds. The van der Waals surface area contributed by atoms with E-state index < -0.39 is 15.8 Å². The summed E-state index contributed by atoms with van der Waals surface area (Å²) >= 11 is 0. The topological polar surface area (TPSA) is 118 Å². The van der Waals surface area contributed by atoms with Crippen molar-refractivity contribution in [1.82, 2.24) is 19.3 Å². The lowest BCUT2D eigenvalue weighted by Gasteiger charge is -2.15. The van der Waals surface area contributed by atoms with Gasteiger partial charge in [-0.15, -0.1) is 0 Å². The molecule has 0 spiro atoms. The third kappa shape index (κ3) is 4.44. The number of nitrogens with one attached hydrogen (secondary N) is 2. The molecule has 2 aromatic heterocycles. The van der Waals surface area contributed by atoms with Gasteiger partial charge in [-0.05, 0) is 18.6 Å². The molecule has 172 valence electrons. The zero-order valence-corrected chi connectivity index (χ0v) is 19.2. The van der Waals surface area contributed by atoms with Gasteiger partial charge in [-0.1, -0.05) is 6.92 Å². The van der Waals surface area contributed by atoms with Crippen molar-refractivity contribution in [2.24, 2.45) is 0 Å². The van der Waals surface area contributed by atoms with Crippen LogP contribution in [0.5, 0.6) is 5.75 Å². The molecule has 3 rings (SSSR count). The summed E-state index contributed by atoms with van der Waals surface area (Å²) in [6.45, 7) is 1.73. The Bertz CT molecular complexity index is 1270. The van der Waals surface area contributed by atoms with Crippen LogP contribution < -0.4 is 14.8 Å². The second kappa shape index (κ2) is 8.99. The van der Waals surface area contributed by atoms with Crippen LogP contribution in [-0.4, -0.2) is 67.6 Å². The molecule has 0 saturated heterocycles. The van der Waals surface area contributed by atoms with Crippen molar-refractivity contribution < 1.29 is 22.3 Å². The molecule has 2 heterocycles. The fourth-order valence-corrected chi connectivity index (χ4v) is 4.34. The number of carbonyl (C=O) groups is 1. The van der Waals surface area contributed by atoms with E-state index >= 15 is 0 Å². The molecule has 0 saturated carbocycles. The van der Waals surface area contributed by atoms with E-state index in [1.54, 1.807) is 32.5 Å². The van der Waals surface area contributed by atoms with Gasteiger partial charge in [-0.25, -0.2) is 22.8 Å². The summed E-state index contributed by atoms with van der Waals surface area (Å²) in [6.07, 6.45) is 3.40. The lowest BCUT2D eigenvalue weighted by molar-refractivity contribution is 0.0821. The van der Waals surface area contributed by atoms with Crippen molar-refractivity contribution in [3.05, 3.63) is 36.0 Å². The lowest BCUT2D eigenvalue weighted by Crippen LogP contribution is -2.23. The number of rotatable bonds is 8. The Morgan fingerprint density at radius 3 is 2.62 bits per heavy atom. The molecule has 2 N–H and O–H groups in total. The smallest absolute Gasteiger partial charge is 0.273 e. The fraction of sp³-hybridized carbons (Fsp3) is 0.350. The molecule has 3 aromatic rings. The Kier molecular flexibility index (Phi) is 6.53. The predicted octanol–water partition coefficient (Wildman–Crippen LogP) is 2.44. The summed E-state index contributed by atoms with van der Waals surface area (Å²) in [6, 6.07) is 2.68. The first-order valence-corrected chi connectivity index (χ1v) is 11.4. The molecule has 0 bridgehead atoms. The van der Waals surface area contributed by atoms with Crippen molar-refractivity contribution in [2.45, 2.75) is 13.3 Å². The van der Waals surface area contributed by atoms with Crippen LogP contribution in [0.2, 0.25) is 0 Å². The maximum Gasteiger partial charge on any atom is 0.273 e. The molecule has 0 fully saturated rings. The number of methoxy groups -OCH3 is 1. The van der Waals surface area contributed by atoms with Gasteiger partial charge in [-0.3, -0.25) is 13.9 Å². The van der Waals surface area contributed by atoms with Gasteiger partial charge in [-0.2, -0.15) is 0 Å². The van der Waals surface area contributed by atoms with E-state index in [0.717, 1.165) is 0 Å². The third-order valence-corrected chi connectivity index (χ3v) is 6.11. The van der Waals surface area contributed by atoms with Crippen molar-refractivity contribution in [1.29, 1.82) is 0 Å². The van der Waals surface area contributed by atoms with Gasteiger partial charge in [0.2, 0.25) is 10.0 Å². The number of sulfonamides is 1. The van der Waals surface area contributed by atoms with E-state index in [1.807, 2.05) is 0 Å². The SMILES string of the molecule is CCCS(=O)(=O)Nc1cc(-c2cnc3c(NC)nc(C(=O)N(C)C)cn23)cc(F)c1OC. The molecule has 0 aliphatic heterocycles. The zero-order valence-electron chi connectivity index (χ0n) is 18.4. The molecule has 1 aromatic carbocycles. The monoisotopic (exact) mass is 464 g/mol. The first kappa shape index (κ1) is 23.3. The van der Waals surface area contributed by atoms with Gasteiger partial charge in [0.15, 0.2) is 23.0 Å². The maximum absolute atomic E-state index is 14.8. The van der Waals surface area contributed by atoms with Crippen LogP contribution in [0.25, 0.3) is 16.9 Å². The second-order valence-electron chi connectivity index (χ2n) is 7.22. The van der Waals surface area contributed by atoms with E-state index in [1.165, 1.54) is 36.5 Å². The number of imidazole rings is 1. The van der Waals surface area contributed by atoms with Crippen molar-refractivity contribution >= 4 is 33.1 Å². The Balaban J connectivity index is 2.22. The molecular formula is C20H25FN6O4S. The van der Waals surface area contributed by atoms with Crippen LogP contribution in [-0.2, 0) is 10.0 Å². The number of halogens is 1. The van der Waals surface area contributed by atoms with E-state index in [-0.39, 0.29) is 28.8 Å². The Hall–Kier alpha value is -3.41. The quantitative estimate of drug-likeness (QED) is 0.526. The van der Waals surface area contributed by atoms with Crippen LogP contribution >= 0.6 is 0 Å². The summed E-state index contributed by atoms with van der Waals surface area (Å²) in [4.78, 5) is 22.5. The van der Waals surface area contributed by atoms with E-state index in [9.17, 15) is 17.6 Å². The van der Waals surface area contributed by atoms with Crippen LogP contribution in [0.15, 0.2) is 24.5 Å². The summed E-state index contributed by atoms with van der Waals surface area (Å²) in [7, 11) is 2.43. The third-order valence-electron chi connectivity index (χ3n) is 4.64. The number of carbonyl (C=O) groups excluding carboxylic acids is 1. The average Bonchev–Trinajstić information content (AvgIpc) is 3.15. The van der Waals surface area contributed by atoms with E-state index in [0.29, 0.717) is 29.1 Å². The molecule has 0 aliphatic carbocycles. The number of amides is 1. The highest BCUT2D eigenvalue weighted by Crippen LogP contribution is 2.35. The highest BCUT2D eigenvalue weighted by Gasteiger charge is 2.21. The summed E-state index contributed by atoms with van der Waals surface area (Å²) in [5.41, 5.74) is 1.31. The molecule has 0 unspecified atom stereocenters. The van der Waals surface area contributed by atoms with E-state index in [2.05, 4.69) is 20.0 Å². The van der Waals surface area contributed by atoms with Gasteiger partial charge in [0.25, 0.3) is 5.91 Å². The molecule has 12 heteroatoms. The molecule has 10 nitrogen and oxygen atoms in total. The first-order valence-electron chi connectivity index (χ1n) is 9.77. The standard InChI is InChI=1S/C20H25FN6O4S/c1-6-7-32(29,30)25-14-9-12(8-13(21)17(14)31-5)16-10-23-19-18(22-2)24-15(11-27(16)19)20(28)26(3)4/h8-11,25H,6-7H2,1-5H3,(H,22,24). The number of benzene rings is 1. The Morgan fingerprint density at radius 2 is 2.03 bits per heavy atom. The predicted molar refractivity (Wildman–Crippen MR) is 120 cm³/mol. The molecular weight excluding hydrogens is 439 g/mol. The number of hydrogen-bond donors (Lipinski definition) is 2. The first-order chi connectivity index (χ1) is 15.1.